The lowest BCUT2D eigenvalue weighted by atomic mass is 9.56. The molecule has 0 saturated heterocycles. The molecule has 0 heterocycles. The molecular weight excluding hydrogens is 330 g/mol. The molecule has 0 fully saturated rings. The number of non-ortho nitro benzene ring substituents is 1. The molecule has 0 aromatic heterocycles. The normalized spacial score (nSPS) is 27.3. The molecule has 3 rings (SSSR count). The van der Waals surface area contributed by atoms with E-state index in [1.807, 2.05) is 6.08 Å². The van der Waals surface area contributed by atoms with Crippen molar-refractivity contribution >= 4 is 5.69 Å². The van der Waals surface area contributed by atoms with Gasteiger partial charge in [-0.3, -0.25) is 10.1 Å². The average molecular weight is 345 g/mol. The van der Waals surface area contributed by atoms with E-state index in [0.717, 1.165) is 18.4 Å². The van der Waals surface area contributed by atoms with Crippen LogP contribution < -0.4 is 5.73 Å². The lowest BCUT2D eigenvalue weighted by molar-refractivity contribution is -0.384. The van der Waals surface area contributed by atoms with Crippen LogP contribution in [0.1, 0.15) is 24.8 Å². The first-order chi connectivity index (χ1) is 12.5. The van der Waals surface area contributed by atoms with E-state index in [-0.39, 0.29) is 22.9 Å². The Bertz CT molecular complexity index is 956. The number of rotatable bonds is 2. The van der Waals surface area contributed by atoms with Crippen LogP contribution in [0.2, 0.25) is 0 Å². The van der Waals surface area contributed by atoms with Gasteiger partial charge in [0.1, 0.15) is 11.5 Å². The van der Waals surface area contributed by atoms with Crippen molar-refractivity contribution in [2.24, 2.45) is 17.6 Å². The maximum Gasteiger partial charge on any atom is 0.269 e. The molecule has 0 saturated carbocycles. The number of nitriles is 3. The summed E-state index contributed by atoms with van der Waals surface area (Å²) in [4.78, 5) is 10.4. The van der Waals surface area contributed by atoms with Gasteiger partial charge in [-0.1, -0.05) is 18.2 Å². The Balaban J connectivity index is 2.30. The fourth-order valence-electron chi connectivity index (χ4n) is 4.04. The third-order valence-corrected chi connectivity index (χ3v) is 5.30. The van der Waals surface area contributed by atoms with Gasteiger partial charge in [0.15, 0.2) is 0 Å². The molecule has 128 valence electrons. The molecule has 0 bridgehead atoms. The second-order valence-electron chi connectivity index (χ2n) is 6.43. The average Bonchev–Trinajstić information content (AvgIpc) is 2.67. The quantitative estimate of drug-likeness (QED) is 0.645. The van der Waals surface area contributed by atoms with E-state index in [2.05, 4.69) is 18.2 Å². The summed E-state index contributed by atoms with van der Waals surface area (Å²) in [6.07, 6.45) is 4.30. The molecule has 3 atom stereocenters. The van der Waals surface area contributed by atoms with Crippen molar-refractivity contribution in [2.45, 2.75) is 24.7 Å². The molecule has 7 heteroatoms. The Morgan fingerprint density at radius 3 is 2.46 bits per heavy atom. The van der Waals surface area contributed by atoms with Crippen LogP contribution in [0.3, 0.4) is 0 Å². The highest BCUT2D eigenvalue weighted by Crippen LogP contribution is 2.52. The van der Waals surface area contributed by atoms with Gasteiger partial charge >= 0.3 is 0 Å². The van der Waals surface area contributed by atoms with Crippen LogP contribution in [0.5, 0.6) is 0 Å². The molecule has 1 aromatic rings. The van der Waals surface area contributed by atoms with Gasteiger partial charge in [-0.15, -0.1) is 0 Å². The first kappa shape index (κ1) is 17.2. The summed E-state index contributed by atoms with van der Waals surface area (Å²) >= 11 is 0. The second kappa shape index (κ2) is 6.35. The van der Waals surface area contributed by atoms with E-state index in [4.69, 9.17) is 5.73 Å². The highest BCUT2D eigenvalue weighted by atomic mass is 16.6. The fraction of sp³-hybridized carbons (Fsp3) is 0.316. The Morgan fingerprint density at radius 1 is 1.23 bits per heavy atom. The van der Waals surface area contributed by atoms with E-state index in [0.29, 0.717) is 12.0 Å². The van der Waals surface area contributed by atoms with Crippen LogP contribution in [-0.4, -0.2) is 4.92 Å². The van der Waals surface area contributed by atoms with Gasteiger partial charge in [0.25, 0.3) is 5.69 Å². The van der Waals surface area contributed by atoms with E-state index in [9.17, 15) is 25.9 Å². The van der Waals surface area contributed by atoms with Crippen LogP contribution in [0.4, 0.5) is 5.69 Å². The van der Waals surface area contributed by atoms with E-state index in [1.54, 1.807) is 0 Å². The first-order valence-electron chi connectivity index (χ1n) is 8.17. The number of nitrogens with two attached hydrogens (primary N) is 1. The maximum atomic E-state index is 10.9. The Labute approximate surface area is 150 Å². The van der Waals surface area contributed by atoms with Crippen LogP contribution >= 0.6 is 0 Å². The maximum absolute atomic E-state index is 10.9. The Hall–Kier alpha value is -3.63. The minimum atomic E-state index is -1.51. The van der Waals surface area contributed by atoms with Crippen LogP contribution in [0, 0.1) is 55.9 Å². The van der Waals surface area contributed by atoms with Crippen molar-refractivity contribution in [1.82, 2.24) is 0 Å². The van der Waals surface area contributed by atoms with Gasteiger partial charge in [-0.2, -0.15) is 15.8 Å². The second-order valence-corrected chi connectivity index (χ2v) is 6.43. The first-order valence-corrected chi connectivity index (χ1v) is 8.17. The molecular formula is C19H15N5O2. The molecule has 2 aliphatic carbocycles. The van der Waals surface area contributed by atoms with Crippen molar-refractivity contribution in [3.63, 3.8) is 0 Å². The van der Waals surface area contributed by atoms with Crippen LogP contribution in [-0.2, 0) is 5.41 Å². The Morgan fingerprint density at radius 2 is 1.92 bits per heavy atom. The molecule has 2 aliphatic rings. The third-order valence-electron chi connectivity index (χ3n) is 5.30. The van der Waals surface area contributed by atoms with Gasteiger partial charge in [0.2, 0.25) is 0 Å². The number of benzene rings is 1. The molecule has 0 radical (unpaired) electrons. The van der Waals surface area contributed by atoms with Gasteiger partial charge in [0.05, 0.1) is 34.2 Å². The number of nitrogens with zero attached hydrogens (tertiary/aromatic N) is 4. The van der Waals surface area contributed by atoms with Gasteiger partial charge in [-0.25, -0.2) is 0 Å². The summed E-state index contributed by atoms with van der Waals surface area (Å²) < 4.78 is 0. The molecule has 0 aliphatic heterocycles. The smallest absolute Gasteiger partial charge is 0.269 e. The van der Waals surface area contributed by atoms with E-state index in [1.165, 1.54) is 24.3 Å². The molecule has 0 spiro atoms. The number of nitro groups is 1. The standard InChI is InChI=1S/C19H15N5O2/c20-9-16-14-3-1-2-4-15(14)17(10-21)19(11-22,18(16)23)12-5-7-13(8-6-12)24(25)26/h3,5-8,15,17H,1-2,4,23H2/t15-,17+,19+/m1/s1. The monoisotopic (exact) mass is 345 g/mol. The predicted molar refractivity (Wildman–Crippen MR) is 91.7 cm³/mol. The summed E-state index contributed by atoms with van der Waals surface area (Å²) in [7, 11) is 0. The lowest BCUT2D eigenvalue weighted by Gasteiger charge is -2.43. The zero-order chi connectivity index (χ0) is 18.9. The third kappa shape index (κ3) is 2.24. The lowest BCUT2D eigenvalue weighted by Crippen LogP contribution is -2.47. The van der Waals surface area contributed by atoms with Crippen LogP contribution in [0.15, 0.2) is 47.2 Å². The van der Waals surface area contributed by atoms with Crippen molar-refractivity contribution in [1.29, 1.82) is 15.8 Å². The number of allylic oxidation sites excluding steroid dienone is 4. The summed E-state index contributed by atoms with van der Waals surface area (Å²) in [6.45, 7) is 0. The molecule has 2 N–H and O–H groups in total. The number of hydrogen-bond donors (Lipinski definition) is 1. The predicted octanol–water partition coefficient (Wildman–Crippen LogP) is 2.97. The summed E-state index contributed by atoms with van der Waals surface area (Å²) in [5, 5.41) is 40.5. The molecule has 0 unspecified atom stereocenters. The van der Waals surface area contributed by atoms with Crippen molar-refractivity contribution in [3.8, 4) is 18.2 Å². The number of nitro benzene ring substituents is 1. The SMILES string of the molecule is N#CC1=C(N)[C@@](C#N)(c2ccc([N+](=O)[O-])cc2)[C@@H](C#N)[C@@H]2CCCC=C12. The van der Waals surface area contributed by atoms with Gasteiger partial charge in [-0.05, 0) is 30.4 Å². The topological polar surface area (TPSA) is 141 Å². The summed E-state index contributed by atoms with van der Waals surface area (Å²) in [5.74, 6) is -1.02. The highest BCUT2D eigenvalue weighted by Gasteiger charge is 2.54. The highest BCUT2D eigenvalue weighted by molar-refractivity contribution is 5.61. The summed E-state index contributed by atoms with van der Waals surface area (Å²) in [6, 6.07) is 12.0. The minimum absolute atomic E-state index is 0.0484. The number of fused-ring (bicyclic) bond motifs is 1. The van der Waals surface area contributed by atoms with E-state index >= 15 is 0 Å². The van der Waals surface area contributed by atoms with E-state index < -0.39 is 16.3 Å². The van der Waals surface area contributed by atoms with Crippen LogP contribution in [0.25, 0.3) is 0 Å². The molecule has 26 heavy (non-hydrogen) atoms. The summed E-state index contributed by atoms with van der Waals surface area (Å²) in [5.41, 5.74) is 6.11. The zero-order valence-electron chi connectivity index (χ0n) is 13.8. The number of hydrogen-bond acceptors (Lipinski definition) is 6. The molecule has 7 nitrogen and oxygen atoms in total. The largest absolute Gasteiger partial charge is 0.399 e. The fourth-order valence-corrected chi connectivity index (χ4v) is 4.04. The Kier molecular flexibility index (Phi) is 4.20. The molecule has 1 aromatic carbocycles. The molecule has 0 amide bonds. The van der Waals surface area contributed by atoms with Gasteiger partial charge in [0, 0.05) is 18.1 Å². The van der Waals surface area contributed by atoms with Crippen molar-refractivity contribution in [2.75, 3.05) is 0 Å². The van der Waals surface area contributed by atoms with Gasteiger partial charge < -0.3 is 5.73 Å². The minimum Gasteiger partial charge on any atom is -0.399 e. The van der Waals surface area contributed by atoms with Crippen molar-refractivity contribution in [3.05, 3.63) is 62.9 Å². The van der Waals surface area contributed by atoms with Crippen molar-refractivity contribution < 1.29 is 4.92 Å². The zero-order valence-corrected chi connectivity index (χ0v) is 13.8.